The van der Waals surface area contributed by atoms with Gasteiger partial charge in [0, 0.05) is 5.92 Å². The average Bonchev–Trinajstić information content (AvgIpc) is 2.94. The Morgan fingerprint density at radius 3 is 2.42 bits per heavy atom. The summed E-state index contributed by atoms with van der Waals surface area (Å²) < 4.78 is 0. The van der Waals surface area contributed by atoms with E-state index in [9.17, 15) is 0 Å². The number of hydrogen-bond donors (Lipinski definition) is 1. The molecule has 1 N–H and O–H groups in total. The van der Waals surface area contributed by atoms with E-state index in [4.69, 9.17) is 0 Å². The second-order valence-electron chi connectivity index (χ2n) is 4.63. The van der Waals surface area contributed by atoms with Crippen LogP contribution >= 0.6 is 11.3 Å². The molecule has 0 saturated heterocycles. The molecule has 0 aliphatic carbocycles. The Morgan fingerprint density at radius 1 is 1.11 bits per heavy atom. The van der Waals surface area contributed by atoms with Crippen molar-refractivity contribution in [1.29, 1.82) is 0 Å². The van der Waals surface area contributed by atoms with Gasteiger partial charge in [-0.15, -0.1) is 10.2 Å². The van der Waals surface area contributed by atoms with Crippen LogP contribution < -0.4 is 5.32 Å². The molecule has 102 valence electrons. The highest BCUT2D eigenvalue weighted by Crippen LogP contribution is 2.29. The molecule has 0 aliphatic heterocycles. The summed E-state index contributed by atoms with van der Waals surface area (Å²) in [6.07, 6.45) is 1.04. The van der Waals surface area contributed by atoms with E-state index in [0.717, 1.165) is 23.0 Å². The smallest absolute Gasteiger partial charge is 0.134 e. The normalized spacial score (nSPS) is 14.3. The summed E-state index contributed by atoms with van der Waals surface area (Å²) in [5, 5.41) is 14.4. The zero-order valence-electron chi connectivity index (χ0n) is 11.8. The molecule has 4 heteroatoms. The van der Waals surface area contributed by atoms with Crippen LogP contribution in [0, 0.1) is 0 Å². The Labute approximate surface area is 119 Å². The number of nitrogens with zero attached hydrogens (tertiary/aromatic N) is 2. The molecule has 0 fully saturated rings. The van der Waals surface area contributed by atoms with Gasteiger partial charge >= 0.3 is 0 Å². The van der Waals surface area contributed by atoms with E-state index in [2.05, 4.69) is 60.6 Å². The second kappa shape index (κ2) is 6.78. The monoisotopic (exact) mass is 275 g/mol. The fourth-order valence-electron chi connectivity index (χ4n) is 2.10. The summed E-state index contributed by atoms with van der Waals surface area (Å²) in [6.45, 7) is 7.45. The standard InChI is InChI=1S/C15H21N3S/c1-4-13(16-5-2)15-18-17-14(19-15)11(3)12-9-7-6-8-10-12/h6-11,13,16H,4-5H2,1-3H3. The largest absolute Gasteiger partial charge is 0.308 e. The first-order valence-corrected chi connectivity index (χ1v) is 7.69. The number of aromatic nitrogens is 2. The summed E-state index contributed by atoms with van der Waals surface area (Å²) in [4.78, 5) is 0. The van der Waals surface area contributed by atoms with Gasteiger partial charge in [0.2, 0.25) is 0 Å². The molecule has 2 unspecified atom stereocenters. The van der Waals surface area contributed by atoms with Crippen LogP contribution in [0.25, 0.3) is 0 Å². The summed E-state index contributed by atoms with van der Waals surface area (Å²) in [5.74, 6) is 0.312. The molecule has 0 bridgehead atoms. The van der Waals surface area contributed by atoms with Crippen LogP contribution in [-0.4, -0.2) is 16.7 Å². The fraction of sp³-hybridized carbons (Fsp3) is 0.467. The first kappa shape index (κ1) is 14.2. The topological polar surface area (TPSA) is 37.8 Å². The van der Waals surface area contributed by atoms with Crippen molar-refractivity contribution in [3.05, 3.63) is 45.9 Å². The molecule has 0 spiro atoms. The van der Waals surface area contributed by atoms with Gasteiger partial charge in [0.1, 0.15) is 10.0 Å². The Kier molecular flexibility index (Phi) is 5.05. The van der Waals surface area contributed by atoms with Crippen molar-refractivity contribution in [2.75, 3.05) is 6.54 Å². The van der Waals surface area contributed by atoms with Crippen LogP contribution in [0.1, 0.15) is 54.7 Å². The fourth-order valence-corrected chi connectivity index (χ4v) is 3.18. The van der Waals surface area contributed by atoms with Crippen molar-refractivity contribution < 1.29 is 0 Å². The van der Waals surface area contributed by atoms with Crippen molar-refractivity contribution in [2.24, 2.45) is 0 Å². The van der Waals surface area contributed by atoms with Crippen LogP contribution in [0.2, 0.25) is 0 Å². The van der Waals surface area contributed by atoms with Gasteiger partial charge in [-0.1, -0.05) is 62.4 Å². The summed E-state index contributed by atoms with van der Waals surface area (Å²) in [6, 6.07) is 10.8. The Bertz CT molecular complexity index is 495. The molecule has 2 rings (SSSR count). The minimum atomic E-state index is 0.312. The molecular formula is C15H21N3S. The van der Waals surface area contributed by atoms with E-state index in [-0.39, 0.29) is 0 Å². The average molecular weight is 275 g/mol. The van der Waals surface area contributed by atoms with Gasteiger partial charge in [0.05, 0.1) is 6.04 Å². The Balaban J connectivity index is 2.16. The molecule has 2 aromatic rings. The lowest BCUT2D eigenvalue weighted by Crippen LogP contribution is -2.19. The second-order valence-corrected chi connectivity index (χ2v) is 5.67. The third-order valence-corrected chi connectivity index (χ3v) is 4.50. The Hall–Kier alpha value is -1.26. The SMILES string of the molecule is CCNC(CC)c1nnc(C(C)c2ccccc2)s1. The van der Waals surface area contributed by atoms with Crippen molar-refractivity contribution in [3.8, 4) is 0 Å². The van der Waals surface area contributed by atoms with E-state index in [0.29, 0.717) is 12.0 Å². The van der Waals surface area contributed by atoms with E-state index < -0.39 is 0 Å². The van der Waals surface area contributed by atoms with Gasteiger partial charge in [-0.2, -0.15) is 0 Å². The van der Waals surface area contributed by atoms with Gasteiger partial charge in [0.15, 0.2) is 0 Å². The van der Waals surface area contributed by atoms with Crippen LogP contribution in [0.3, 0.4) is 0 Å². The molecule has 0 saturated carbocycles. The number of rotatable bonds is 6. The maximum atomic E-state index is 4.37. The van der Waals surface area contributed by atoms with E-state index in [1.54, 1.807) is 11.3 Å². The maximum Gasteiger partial charge on any atom is 0.134 e. The van der Waals surface area contributed by atoms with E-state index >= 15 is 0 Å². The zero-order chi connectivity index (χ0) is 13.7. The molecule has 0 radical (unpaired) electrons. The number of hydrogen-bond acceptors (Lipinski definition) is 4. The minimum Gasteiger partial charge on any atom is -0.308 e. The molecule has 2 atom stereocenters. The van der Waals surface area contributed by atoms with Crippen molar-refractivity contribution in [3.63, 3.8) is 0 Å². The van der Waals surface area contributed by atoms with Gasteiger partial charge in [-0.25, -0.2) is 0 Å². The number of nitrogens with one attached hydrogen (secondary N) is 1. The predicted octanol–water partition coefficient (Wildman–Crippen LogP) is 3.75. The van der Waals surface area contributed by atoms with Gasteiger partial charge in [0.25, 0.3) is 0 Å². The highest BCUT2D eigenvalue weighted by molar-refractivity contribution is 7.11. The summed E-state index contributed by atoms with van der Waals surface area (Å²) in [7, 11) is 0. The lowest BCUT2D eigenvalue weighted by Gasteiger charge is -2.11. The number of benzene rings is 1. The van der Waals surface area contributed by atoms with Crippen LogP contribution in [0.4, 0.5) is 0 Å². The van der Waals surface area contributed by atoms with Crippen LogP contribution in [0.5, 0.6) is 0 Å². The molecule has 1 aromatic carbocycles. The molecule has 1 heterocycles. The lowest BCUT2D eigenvalue weighted by molar-refractivity contribution is 0.530. The Morgan fingerprint density at radius 2 is 1.79 bits per heavy atom. The minimum absolute atomic E-state index is 0.312. The summed E-state index contributed by atoms with van der Waals surface area (Å²) in [5.41, 5.74) is 1.29. The molecule has 1 aromatic heterocycles. The van der Waals surface area contributed by atoms with Crippen molar-refractivity contribution >= 4 is 11.3 Å². The lowest BCUT2D eigenvalue weighted by atomic mass is 10.0. The van der Waals surface area contributed by atoms with Crippen molar-refractivity contribution in [1.82, 2.24) is 15.5 Å². The van der Waals surface area contributed by atoms with E-state index in [1.807, 2.05) is 6.07 Å². The molecule has 19 heavy (non-hydrogen) atoms. The van der Waals surface area contributed by atoms with Gasteiger partial charge in [-0.3, -0.25) is 0 Å². The molecule has 3 nitrogen and oxygen atoms in total. The highest BCUT2D eigenvalue weighted by atomic mass is 32.1. The highest BCUT2D eigenvalue weighted by Gasteiger charge is 2.18. The first-order valence-electron chi connectivity index (χ1n) is 6.87. The summed E-state index contributed by atoms with van der Waals surface area (Å²) >= 11 is 1.72. The molecule has 0 aliphatic rings. The third-order valence-electron chi connectivity index (χ3n) is 3.28. The van der Waals surface area contributed by atoms with Gasteiger partial charge in [-0.05, 0) is 18.5 Å². The van der Waals surface area contributed by atoms with Crippen LogP contribution in [0.15, 0.2) is 30.3 Å². The molecular weight excluding hydrogens is 254 g/mol. The first-order chi connectivity index (χ1) is 9.26. The predicted molar refractivity (Wildman–Crippen MR) is 80.6 cm³/mol. The van der Waals surface area contributed by atoms with Crippen LogP contribution in [-0.2, 0) is 0 Å². The quantitative estimate of drug-likeness (QED) is 0.872. The van der Waals surface area contributed by atoms with E-state index in [1.165, 1.54) is 5.56 Å². The molecule has 0 amide bonds. The third kappa shape index (κ3) is 3.39. The zero-order valence-corrected chi connectivity index (χ0v) is 12.6. The van der Waals surface area contributed by atoms with Gasteiger partial charge < -0.3 is 5.32 Å². The maximum absolute atomic E-state index is 4.37. The van der Waals surface area contributed by atoms with Crippen molar-refractivity contribution in [2.45, 2.75) is 39.2 Å².